The molecule has 1 heterocycles. The van der Waals surface area contributed by atoms with Gasteiger partial charge in [0.1, 0.15) is 5.60 Å². The van der Waals surface area contributed by atoms with E-state index in [0.717, 1.165) is 0 Å². The lowest BCUT2D eigenvalue weighted by Gasteiger charge is -2.07. The Morgan fingerprint density at radius 3 is 2.62 bits per heavy atom. The second-order valence-corrected chi connectivity index (χ2v) is 3.63. The first-order valence-corrected chi connectivity index (χ1v) is 4.26. The molecule has 13 heavy (non-hydrogen) atoms. The Balaban J connectivity index is 2.26. The Morgan fingerprint density at radius 1 is 1.69 bits per heavy atom. The van der Waals surface area contributed by atoms with Gasteiger partial charge < -0.3 is 10.5 Å². The molecule has 1 aliphatic rings. The first-order valence-electron chi connectivity index (χ1n) is 4.26. The minimum Gasteiger partial charge on any atom is -0.369 e. The van der Waals surface area contributed by atoms with Crippen molar-refractivity contribution in [1.29, 1.82) is 0 Å². The molecule has 0 aliphatic carbocycles. The molecule has 1 rings (SSSR count). The summed E-state index contributed by atoms with van der Waals surface area (Å²) < 4.78 is 4.95. The number of hydrogen-bond donors (Lipinski definition) is 1. The van der Waals surface area contributed by atoms with Gasteiger partial charge in [-0.1, -0.05) is 6.92 Å². The summed E-state index contributed by atoms with van der Waals surface area (Å²) in [5, 5.41) is 0. The number of epoxide rings is 1. The number of primary amides is 1. The minimum absolute atomic E-state index is 0.0550. The fourth-order valence-corrected chi connectivity index (χ4v) is 0.866. The highest BCUT2D eigenvalue weighted by Crippen LogP contribution is 2.28. The van der Waals surface area contributed by atoms with Crippen molar-refractivity contribution in [2.45, 2.75) is 25.9 Å². The van der Waals surface area contributed by atoms with Crippen LogP contribution in [-0.2, 0) is 14.3 Å². The molecule has 73 valence electrons. The summed E-state index contributed by atoms with van der Waals surface area (Å²) in [4.78, 5) is 22.0. The van der Waals surface area contributed by atoms with Gasteiger partial charge in [-0.25, -0.2) is 0 Å². The Bertz CT molecular complexity index is 233. The Morgan fingerprint density at radius 2 is 2.23 bits per heavy atom. The molecule has 0 bridgehead atoms. The normalized spacial score (nSPS) is 28.2. The maximum Gasteiger partial charge on any atom is 0.220 e. The molecule has 2 N–H and O–H groups in total. The quantitative estimate of drug-likeness (QED) is 0.614. The molecule has 0 aromatic heterocycles. The van der Waals surface area contributed by atoms with Gasteiger partial charge in [-0.05, 0) is 13.3 Å². The summed E-state index contributed by atoms with van der Waals surface area (Å²) in [7, 11) is 0. The molecule has 0 unspecified atom stereocenters. The molecule has 0 spiro atoms. The Hall–Kier alpha value is -0.900. The zero-order chi connectivity index (χ0) is 10.1. The van der Waals surface area contributed by atoms with Crippen LogP contribution in [0.1, 0.15) is 20.3 Å². The second-order valence-electron chi connectivity index (χ2n) is 3.63. The van der Waals surface area contributed by atoms with Crippen LogP contribution in [0.2, 0.25) is 0 Å². The Kier molecular flexibility index (Phi) is 2.71. The van der Waals surface area contributed by atoms with Gasteiger partial charge >= 0.3 is 0 Å². The number of nitrogens with two attached hydrogens (primary N) is 1. The first-order chi connectivity index (χ1) is 5.96. The van der Waals surface area contributed by atoms with E-state index in [-0.39, 0.29) is 17.6 Å². The summed E-state index contributed by atoms with van der Waals surface area (Å²) in [5.41, 5.74) is 4.43. The van der Waals surface area contributed by atoms with Crippen LogP contribution in [0.5, 0.6) is 0 Å². The molecule has 4 heteroatoms. The van der Waals surface area contributed by atoms with Crippen LogP contribution in [0.25, 0.3) is 0 Å². The fraction of sp³-hybridized carbons (Fsp3) is 0.667. The van der Waals surface area contributed by atoms with Crippen LogP contribution >= 0.6 is 0 Å². The number of carbonyl (C=O) groups excluding carboxylic acids is 2. The minimum atomic E-state index is -0.614. The third kappa shape index (κ3) is 2.52. The highest BCUT2D eigenvalue weighted by molar-refractivity contribution is 5.96. The van der Waals surface area contributed by atoms with E-state index in [1.165, 1.54) is 6.42 Å². The largest absolute Gasteiger partial charge is 0.369 e. The van der Waals surface area contributed by atoms with Crippen molar-refractivity contribution in [3.05, 3.63) is 6.42 Å². The van der Waals surface area contributed by atoms with Crippen molar-refractivity contribution >= 4 is 11.7 Å². The first kappa shape index (κ1) is 10.2. The van der Waals surface area contributed by atoms with Crippen molar-refractivity contribution in [3.63, 3.8) is 0 Å². The third-order valence-corrected chi connectivity index (χ3v) is 2.24. The van der Waals surface area contributed by atoms with E-state index < -0.39 is 5.60 Å². The van der Waals surface area contributed by atoms with Gasteiger partial charge in [0.2, 0.25) is 5.91 Å². The van der Waals surface area contributed by atoms with Crippen LogP contribution < -0.4 is 5.73 Å². The zero-order valence-corrected chi connectivity index (χ0v) is 7.87. The van der Waals surface area contributed by atoms with E-state index in [1.54, 1.807) is 13.8 Å². The van der Waals surface area contributed by atoms with Gasteiger partial charge in [-0.2, -0.15) is 0 Å². The van der Waals surface area contributed by atoms with E-state index in [1.807, 2.05) is 0 Å². The van der Waals surface area contributed by atoms with Gasteiger partial charge in [0, 0.05) is 12.3 Å². The molecule has 1 amide bonds. The SMILES string of the molecule is C[C@@H](C[CH]C(=O)[C@@]1(C)CO1)C(N)=O. The van der Waals surface area contributed by atoms with Gasteiger partial charge in [-0.15, -0.1) is 0 Å². The van der Waals surface area contributed by atoms with Crippen LogP contribution in [0.3, 0.4) is 0 Å². The van der Waals surface area contributed by atoms with Crippen molar-refractivity contribution in [3.8, 4) is 0 Å². The smallest absolute Gasteiger partial charge is 0.220 e. The summed E-state index contributed by atoms with van der Waals surface area (Å²) in [6.45, 7) is 3.91. The summed E-state index contributed by atoms with van der Waals surface area (Å²) in [5.74, 6) is -0.724. The van der Waals surface area contributed by atoms with E-state index in [9.17, 15) is 9.59 Å². The monoisotopic (exact) mass is 184 g/mol. The molecular formula is C9H14NO3. The summed E-state index contributed by atoms with van der Waals surface area (Å²) >= 11 is 0. The maximum absolute atomic E-state index is 11.3. The predicted octanol–water partition coefficient (Wildman–Crippen LogP) is 0.0602. The fourth-order valence-electron chi connectivity index (χ4n) is 0.866. The van der Waals surface area contributed by atoms with Gasteiger partial charge in [0.25, 0.3) is 0 Å². The summed E-state index contributed by atoms with van der Waals surface area (Å²) in [6.07, 6.45) is 1.88. The number of rotatable bonds is 5. The topological polar surface area (TPSA) is 72.7 Å². The highest BCUT2D eigenvalue weighted by Gasteiger charge is 2.46. The lowest BCUT2D eigenvalue weighted by atomic mass is 9.97. The molecule has 1 fully saturated rings. The number of carbonyl (C=O) groups is 2. The highest BCUT2D eigenvalue weighted by atomic mass is 16.6. The molecule has 1 aliphatic heterocycles. The van der Waals surface area contributed by atoms with Gasteiger partial charge in [0.15, 0.2) is 5.78 Å². The number of ketones is 1. The molecule has 4 nitrogen and oxygen atoms in total. The molecule has 0 aromatic rings. The zero-order valence-electron chi connectivity index (χ0n) is 7.87. The molecule has 0 saturated carbocycles. The number of Topliss-reactive ketones (excluding diaryl/α,β-unsaturated/α-hetero) is 1. The predicted molar refractivity (Wildman–Crippen MR) is 46.6 cm³/mol. The van der Waals surface area contributed by atoms with Crippen molar-refractivity contribution in [2.24, 2.45) is 11.7 Å². The van der Waals surface area contributed by atoms with Crippen molar-refractivity contribution in [2.75, 3.05) is 6.61 Å². The van der Waals surface area contributed by atoms with E-state index in [4.69, 9.17) is 10.5 Å². The van der Waals surface area contributed by atoms with E-state index in [0.29, 0.717) is 13.0 Å². The number of hydrogen-bond acceptors (Lipinski definition) is 3. The van der Waals surface area contributed by atoms with E-state index >= 15 is 0 Å². The molecule has 1 radical (unpaired) electrons. The van der Waals surface area contributed by atoms with Gasteiger partial charge in [-0.3, -0.25) is 9.59 Å². The molecule has 2 atom stereocenters. The lowest BCUT2D eigenvalue weighted by molar-refractivity contribution is -0.122. The lowest BCUT2D eigenvalue weighted by Crippen LogP contribution is -2.25. The Labute approximate surface area is 77.4 Å². The second kappa shape index (κ2) is 3.46. The number of ether oxygens (including phenoxy) is 1. The van der Waals surface area contributed by atoms with E-state index in [2.05, 4.69) is 0 Å². The van der Waals surface area contributed by atoms with Crippen LogP contribution in [0.15, 0.2) is 0 Å². The molecule has 0 aromatic carbocycles. The van der Waals surface area contributed by atoms with Gasteiger partial charge in [0.05, 0.1) is 6.61 Å². The van der Waals surface area contributed by atoms with Crippen LogP contribution in [-0.4, -0.2) is 23.9 Å². The molecule has 1 saturated heterocycles. The van der Waals surface area contributed by atoms with Crippen LogP contribution in [0.4, 0.5) is 0 Å². The van der Waals surface area contributed by atoms with Crippen molar-refractivity contribution < 1.29 is 14.3 Å². The van der Waals surface area contributed by atoms with Crippen LogP contribution in [0, 0.1) is 12.3 Å². The number of amides is 1. The maximum atomic E-state index is 11.3. The average Bonchev–Trinajstić information content (AvgIpc) is 2.79. The summed E-state index contributed by atoms with van der Waals surface area (Å²) in [6, 6.07) is 0. The average molecular weight is 184 g/mol. The van der Waals surface area contributed by atoms with Crippen molar-refractivity contribution in [1.82, 2.24) is 0 Å². The standard InChI is InChI=1S/C9H14NO3/c1-6(8(10)12)3-4-7(11)9(2)5-13-9/h4,6H,3,5H2,1-2H3,(H2,10,12)/t6-,9+/m0/s1. The third-order valence-electron chi connectivity index (χ3n) is 2.24. The molecular weight excluding hydrogens is 170 g/mol.